The molecule has 0 saturated carbocycles. The number of rotatable bonds is 4. The van der Waals surface area contributed by atoms with Gasteiger partial charge in [0.05, 0.1) is 35.8 Å². The molecule has 3 aliphatic heterocycles. The molecule has 5 atom stereocenters. The van der Waals surface area contributed by atoms with Crippen molar-refractivity contribution in [3.63, 3.8) is 0 Å². The first-order chi connectivity index (χ1) is 17.1. The fraction of sp³-hybridized carbons (Fsp3) is 0.423. The normalized spacial score (nSPS) is 30.3. The summed E-state index contributed by atoms with van der Waals surface area (Å²) in [6.45, 7) is 1.82. The molecule has 36 heavy (non-hydrogen) atoms. The van der Waals surface area contributed by atoms with E-state index >= 15 is 0 Å². The topological polar surface area (TPSA) is 87.2 Å². The van der Waals surface area contributed by atoms with Crippen LogP contribution in [0.2, 0.25) is 0 Å². The summed E-state index contributed by atoms with van der Waals surface area (Å²) < 4.78 is 45.1. The summed E-state index contributed by atoms with van der Waals surface area (Å²) in [5.41, 5.74) is -1.74. The lowest BCUT2D eigenvalue weighted by molar-refractivity contribution is -0.168. The molecule has 0 aliphatic carbocycles. The number of para-hydroxylation sites is 1. The molecule has 0 bridgehead atoms. The zero-order valence-electron chi connectivity index (χ0n) is 19.4. The number of aliphatic hydroxyl groups is 1. The van der Waals surface area contributed by atoms with Crippen LogP contribution in [0.5, 0.6) is 0 Å². The van der Waals surface area contributed by atoms with Gasteiger partial charge in [0.15, 0.2) is 0 Å². The Kier molecular flexibility index (Phi) is 5.91. The second-order valence-corrected chi connectivity index (χ2v) is 9.40. The Hall–Kier alpha value is -3.24. The van der Waals surface area contributed by atoms with Gasteiger partial charge in [-0.3, -0.25) is 19.3 Å². The molecule has 3 fully saturated rings. The zero-order chi connectivity index (χ0) is 25.8. The van der Waals surface area contributed by atoms with Gasteiger partial charge in [0.25, 0.3) is 0 Å². The van der Waals surface area contributed by atoms with Crippen LogP contribution in [0.15, 0.2) is 54.6 Å². The summed E-state index contributed by atoms with van der Waals surface area (Å²) in [6.07, 6.45) is -5.29. The van der Waals surface area contributed by atoms with Crippen molar-refractivity contribution < 1.29 is 37.4 Å². The average molecular weight is 502 g/mol. The first kappa shape index (κ1) is 24.5. The van der Waals surface area contributed by atoms with Crippen LogP contribution >= 0.6 is 0 Å². The maximum absolute atomic E-state index is 13.9. The van der Waals surface area contributed by atoms with Crippen molar-refractivity contribution in [3.8, 4) is 0 Å². The van der Waals surface area contributed by atoms with Crippen molar-refractivity contribution >= 4 is 23.5 Å². The van der Waals surface area contributed by atoms with E-state index in [1.54, 1.807) is 42.2 Å². The van der Waals surface area contributed by atoms with Gasteiger partial charge >= 0.3 is 12.1 Å². The van der Waals surface area contributed by atoms with Gasteiger partial charge in [-0.1, -0.05) is 30.3 Å². The number of piperidine rings is 1. The first-order valence-corrected chi connectivity index (χ1v) is 11.8. The number of imide groups is 1. The number of benzene rings is 2. The van der Waals surface area contributed by atoms with Crippen LogP contribution in [0.1, 0.15) is 36.9 Å². The fourth-order valence-electron chi connectivity index (χ4n) is 6.14. The van der Waals surface area contributed by atoms with Crippen LogP contribution < -0.4 is 4.90 Å². The molecule has 7 nitrogen and oxygen atoms in total. The molecule has 0 spiro atoms. The Morgan fingerprint density at radius 1 is 1.08 bits per heavy atom. The number of alkyl halides is 3. The number of hydrogen-bond acceptors (Lipinski definition) is 6. The van der Waals surface area contributed by atoms with Crippen molar-refractivity contribution in [2.45, 2.75) is 43.6 Å². The van der Waals surface area contributed by atoms with Crippen LogP contribution in [0.25, 0.3) is 0 Å². The second kappa shape index (κ2) is 8.70. The third-order valence-electron chi connectivity index (χ3n) is 7.53. The molecule has 5 rings (SSSR count). The molecule has 2 aromatic rings. The van der Waals surface area contributed by atoms with Gasteiger partial charge in [-0.05, 0) is 43.2 Å². The number of carbonyl (C=O) groups is 3. The molecule has 0 radical (unpaired) electrons. The van der Waals surface area contributed by atoms with E-state index in [9.17, 15) is 32.7 Å². The predicted octanol–water partition coefficient (Wildman–Crippen LogP) is 3.32. The average Bonchev–Trinajstić information content (AvgIpc) is 3.29. The molecule has 0 unspecified atom stereocenters. The fourth-order valence-corrected chi connectivity index (χ4v) is 6.14. The van der Waals surface area contributed by atoms with Gasteiger partial charge in [0.2, 0.25) is 11.8 Å². The van der Waals surface area contributed by atoms with Crippen LogP contribution in [-0.4, -0.2) is 52.6 Å². The lowest BCUT2D eigenvalue weighted by Gasteiger charge is -2.46. The Morgan fingerprint density at radius 3 is 2.36 bits per heavy atom. The van der Waals surface area contributed by atoms with Crippen LogP contribution in [0, 0.1) is 11.8 Å². The molecule has 10 heteroatoms. The highest BCUT2D eigenvalue weighted by atomic mass is 19.4. The van der Waals surface area contributed by atoms with E-state index in [2.05, 4.69) is 0 Å². The highest BCUT2D eigenvalue weighted by molar-refractivity contribution is 6.24. The van der Waals surface area contributed by atoms with E-state index in [0.29, 0.717) is 11.3 Å². The van der Waals surface area contributed by atoms with Crippen molar-refractivity contribution in [1.29, 1.82) is 0 Å². The third kappa shape index (κ3) is 3.54. The Labute approximate surface area is 205 Å². The maximum atomic E-state index is 13.9. The minimum absolute atomic E-state index is 0.0252. The summed E-state index contributed by atoms with van der Waals surface area (Å²) in [7, 11) is 0. The molecule has 2 amide bonds. The molecule has 190 valence electrons. The number of nitrogens with zero attached hydrogens (tertiary/aromatic N) is 2. The highest BCUT2D eigenvalue weighted by Crippen LogP contribution is 2.59. The van der Waals surface area contributed by atoms with E-state index in [-0.39, 0.29) is 26.0 Å². The molecule has 3 heterocycles. The number of halogens is 3. The van der Waals surface area contributed by atoms with Crippen LogP contribution in [-0.2, 0) is 25.3 Å². The molecular weight excluding hydrogens is 477 g/mol. The standard InChI is InChI=1S/C26H25F3N2O5/c1-2-36-24(35)25-14-18(32)12-13-30(25)21(15-8-10-16(11-9-15)26(27,28)29)19-20(25)23(34)31(22(19)33)17-6-4-3-5-7-17/h3-11,18-21,32H,2,12-14H2,1H3/t18-,19-,20-,21-,25-/m1/s1. The number of hydrogen-bond donors (Lipinski definition) is 1. The summed E-state index contributed by atoms with van der Waals surface area (Å²) in [5.74, 6) is -4.04. The minimum atomic E-state index is -4.54. The largest absolute Gasteiger partial charge is 0.465 e. The van der Waals surface area contributed by atoms with Crippen molar-refractivity contribution in [1.82, 2.24) is 4.90 Å². The molecule has 3 aliphatic rings. The number of amides is 2. The number of fused-ring (bicyclic) bond motifs is 3. The van der Waals surface area contributed by atoms with E-state index in [1.165, 1.54) is 12.1 Å². The van der Waals surface area contributed by atoms with Gasteiger partial charge in [-0.2, -0.15) is 13.2 Å². The number of carbonyl (C=O) groups excluding carboxylic acids is 3. The van der Waals surface area contributed by atoms with Gasteiger partial charge in [0, 0.05) is 19.0 Å². The summed E-state index contributed by atoms with van der Waals surface area (Å²) in [4.78, 5) is 44.0. The van der Waals surface area contributed by atoms with Crippen LogP contribution in [0.3, 0.4) is 0 Å². The lowest BCUT2D eigenvalue weighted by atomic mass is 9.74. The first-order valence-electron chi connectivity index (χ1n) is 11.8. The maximum Gasteiger partial charge on any atom is 0.416 e. The minimum Gasteiger partial charge on any atom is -0.465 e. The molecule has 1 N–H and O–H groups in total. The predicted molar refractivity (Wildman–Crippen MR) is 121 cm³/mol. The number of aliphatic hydroxyl groups excluding tert-OH is 1. The van der Waals surface area contributed by atoms with Crippen molar-refractivity contribution in [3.05, 3.63) is 65.7 Å². The van der Waals surface area contributed by atoms with E-state index in [4.69, 9.17) is 4.74 Å². The van der Waals surface area contributed by atoms with E-state index in [0.717, 1.165) is 17.0 Å². The highest BCUT2D eigenvalue weighted by Gasteiger charge is 2.73. The van der Waals surface area contributed by atoms with Gasteiger partial charge in [0.1, 0.15) is 5.54 Å². The third-order valence-corrected chi connectivity index (χ3v) is 7.53. The molecule has 2 aromatic carbocycles. The Morgan fingerprint density at radius 2 is 1.75 bits per heavy atom. The quantitative estimate of drug-likeness (QED) is 0.510. The zero-order valence-corrected chi connectivity index (χ0v) is 19.4. The van der Waals surface area contributed by atoms with E-state index < -0.39 is 59.0 Å². The van der Waals surface area contributed by atoms with E-state index in [1.807, 2.05) is 0 Å². The second-order valence-electron chi connectivity index (χ2n) is 9.40. The number of anilines is 1. The molecular formula is C26H25F3N2O5. The van der Waals surface area contributed by atoms with Crippen molar-refractivity contribution in [2.24, 2.45) is 11.8 Å². The number of esters is 1. The summed E-state index contributed by atoms with van der Waals surface area (Å²) in [5, 5.41) is 10.6. The van der Waals surface area contributed by atoms with Crippen molar-refractivity contribution in [2.75, 3.05) is 18.1 Å². The Balaban J connectivity index is 1.68. The van der Waals surface area contributed by atoms with Gasteiger partial charge in [-0.15, -0.1) is 0 Å². The van der Waals surface area contributed by atoms with Gasteiger partial charge in [-0.25, -0.2) is 4.90 Å². The summed E-state index contributed by atoms with van der Waals surface area (Å²) in [6, 6.07) is 11.9. The smallest absolute Gasteiger partial charge is 0.416 e. The molecule has 0 aromatic heterocycles. The molecule has 3 saturated heterocycles. The lowest BCUT2D eigenvalue weighted by Crippen LogP contribution is -2.62. The SMILES string of the molecule is CCOC(=O)[C@]12C[C@H](O)CCN1[C@H](c1ccc(C(F)(F)F)cc1)[C@@H]1C(=O)N(c3ccccc3)C(=O)[C@@H]12. The number of ether oxygens (including phenoxy) is 1. The monoisotopic (exact) mass is 502 g/mol. The van der Waals surface area contributed by atoms with Gasteiger partial charge < -0.3 is 9.84 Å². The van der Waals surface area contributed by atoms with Crippen LogP contribution in [0.4, 0.5) is 18.9 Å². The summed E-state index contributed by atoms with van der Waals surface area (Å²) >= 11 is 0. The Bertz CT molecular complexity index is 1190.